The molecule has 1 aliphatic rings. The van der Waals surface area contributed by atoms with Crippen LogP contribution in [0.4, 0.5) is 10.2 Å². The summed E-state index contributed by atoms with van der Waals surface area (Å²) < 4.78 is 14.9. The van der Waals surface area contributed by atoms with Crippen molar-refractivity contribution in [3.63, 3.8) is 0 Å². The molecular formula is C23H21ClFN7O. The van der Waals surface area contributed by atoms with Gasteiger partial charge in [-0.3, -0.25) is 4.79 Å². The molecule has 0 bridgehead atoms. The Morgan fingerprint density at radius 3 is 2.73 bits per heavy atom. The fourth-order valence-corrected chi connectivity index (χ4v) is 3.96. The number of carbonyl (C=O) groups is 1. The van der Waals surface area contributed by atoms with E-state index in [0.717, 1.165) is 16.6 Å². The maximum atomic E-state index is 13.3. The Bertz CT molecular complexity index is 1280. The van der Waals surface area contributed by atoms with E-state index in [0.29, 0.717) is 42.7 Å². The average molecular weight is 466 g/mol. The van der Waals surface area contributed by atoms with Crippen LogP contribution in [0.3, 0.4) is 0 Å². The molecule has 0 spiro atoms. The quantitative estimate of drug-likeness (QED) is 0.471. The number of nitrogens with one attached hydrogen (secondary N) is 2. The fraction of sp³-hybridized carbons (Fsp3) is 0.217. The molecule has 2 aromatic heterocycles. The zero-order valence-corrected chi connectivity index (χ0v) is 18.3. The van der Waals surface area contributed by atoms with Gasteiger partial charge in [-0.05, 0) is 42.0 Å². The van der Waals surface area contributed by atoms with E-state index >= 15 is 0 Å². The lowest BCUT2D eigenvalue weighted by atomic mass is 10.1. The van der Waals surface area contributed by atoms with Gasteiger partial charge in [0.15, 0.2) is 5.65 Å². The van der Waals surface area contributed by atoms with Crippen LogP contribution in [0.25, 0.3) is 16.7 Å². The van der Waals surface area contributed by atoms with Crippen molar-refractivity contribution >= 4 is 34.4 Å². The summed E-state index contributed by atoms with van der Waals surface area (Å²) in [7, 11) is 0. The third-order valence-corrected chi connectivity index (χ3v) is 5.81. The predicted octanol–water partition coefficient (Wildman–Crippen LogP) is 2.70. The number of benzene rings is 2. The Balaban J connectivity index is 1.32. The largest absolute Gasteiger partial charge is 0.353 e. The SMILES string of the molecule is O=C(NCc1ccc(Cl)cc1)C1CN(c2ncnc3nn(-c4ccc(F)cc4)cc23)CCN1. The monoisotopic (exact) mass is 465 g/mol. The Morgan fingerprint density at radius 1 is 1.15 bits per heavy atom. The predicted molar refractivity (Wildman–Crippen MR) is 124 cm³/mol. The first kappa shape index (κ1) is 21.3. The summed E-state index contributed by atoms with van der Waals surface area (Å²) in [5.74, 6) is 0.324. The second kappa shape index (κ2) is 9.13. The van der Waals surface area contributed by atoms with Crippen LogP contribution in [0, 0.1) is 5.82 Å². The molecule has 0 saturated carbocycles. The highest BCUT2D eigenvalue weighted by Crippen LogP contribution is 2.24. The number of nitrogens with zero attached hydrogens (tertiary/aromatic N) is 5. The number of rotatable bonds is 5. The lowest BCUT2D eigenvalue weighted by Crippen LogP contribution is -2.57. The molecule has 3 heterocycles. The topological polar surface area (TPSA) is 88.0 Å². The summed E-state index contributed by atoms with van der Waals surface area (Å²) >= 11 is 5.92. The first-order valence-electron chi connectivity index (χ1n) is 10.5. The Labute approximate surface area is 194 Å². The van der Waals surface area contributed by atoms with Crippen molar-refractivity contribution in [3.05, 3.63) is 77.5 Å². The van der Waals surface area contributed by atoms with E-state index in [1.807, 2.05) is 18.3 Å². The molecule has 4 aromatic rings. The van der Waals surface area contributed by atoms with Crippen LogP contribution in [0.15, 0.2) is 61.1 Å². The molecule has 1 unspecified atom stereocenters. The van der Waals surface area contributed by atoms with Crippen LogP contribution in [0.2, 0.25) is 5.02 Å². The number of hydrogen-bond acceptors (Lipinski definition) is 6. The minimum atomic E-state index is -0.386. The summed E-state index contributed by atoms with van der Waals surface area (Å²) in [6, 6.07) is 13.1. The van der Waals surface area contributed by atoms with Gasteiger partial charge >= 0.3 is 0 Å². The van der Waals surface area contributed by atoms with Crippen LogP contribution < -0.4 is 15.5 Å². The molecule has 0 aliphatic carbocycles. The third kappa shape index (κ3) is 4.64. The number of amides is 1. The van der Waals surface area contributed by atoms with Crippen molar-refractivity contribution in [2.75, 3.05) is 24.5 Å². The van der Waals surface area contributed by atoms with Crippen LogP contribution in [-0.4, -0.2) is 51.3 Å². The summed E-state index contributed by atoms with van der Waals surface area (Å²) in [5.41, 5.74) is 2.23. The van der Waals surface area contributed by atoms with Crippen LogP contribution in [0.1, 0.15) is 5.56 Å². The molecule has 1 fully saturated rings. The highest BCUT2D eigenvalue weighted by atomic mass is 35.5. The van der Waals surface area contributed by atoms with E-state index in [2.05, 4.69) is 30.6 Å². The lowest BCUT2D eigenvalue weighted by molar-refractivity contribution is -0.123. The molecule has 8 nitrogen and oxygen atoms in total. The molecule has 2 aromatic carbocycles. The van der Waals surface area contributed by atoms with Crippen molar-refractivity contribution < 1.29 is 9.18 Å². The molecule has 2 N–H and O–H groups in total. The highest BCUT2D eigenvalue weighted by Gasteiger charge is 2.27. The smallest absolute Gasteiger partial charge is 0.239 e. The van der Waals surface area contributed by atoms with Crippen LogP contribution in [-0.2, 0) is 11.3 Å². The normalized spacial score (nSPS) is 16.2. The minimum absolute atomic E-state index is 0.0815. The fourth-order valence-electron chi connectivity index (χ4n) is 3.84. The van der Waals surface area contributed by atoms with Gasteiger partial charge < -0.3 is 15.5 Å². The highest BCUT2D eigenvalue weighted by molar-refractivity contribution is 6.30. The van der Waals surface area contributed by atoms with E-state index in [4.69, 9.17) is 11.6 Å². The van der Waals surface area contributed by atoms with Gasteiger partial charge in [0, 0.05) is 37.4 Å². The Hall–Kier alpha value is -3.56. The zero-order valence-electron chi connectivity index (χ0n) is 17.6. The van der Waals surface area contributed by atoms with Gasteiger partial charge in [0.25, 0.3) is 0 Å². The second-order valence-electron chi connectivity index (χ2n) is 7.78. The van der Waals surface area contributed by atoms with E-state index < -0.39 is 0 Å². The van der Waals surface area contributed by atoms with E-state index in [1.165, 1.54) is 18.5 Å². The minimum Gasteiger partial charge on any atom is -0.353 e. The molecule has 5 rings (SSSR count). The first-order chi connectivity index (χ1) is 16.1. The third-order valence-electron chi connectivity index (χ3n) is 5.56. The number of halogens is 2. The van der Waals surface area contributed by atoms with E-state index in [-0.39, 0.29) is 17.8 Å². The van der Waals surface area contributed by atoms with Crippen molar-refractivity contribution in [2.24, 2.45) is 0 Å². The van der Waals surface area contributed by atoms with E-state index in [9.17, 15) is 9.18 Å². The van der Waals surface area contributed by atoms with Crippen molar-refractivity contribution in [1.82, 2.24) is 30.4 Å². The van der Waals surface area contributed by atoms with Gasteiger partial charge in [0.2, 0.25) is 5.91 Å². The van der Waals surface area contributed by atoms with Gasteiger partial charge in [-0.25, -0.2) is 19.0 Å². The maximum Gasteiger partial charge on any atom is 0.239 e. The Kier molecular flexibility index (Phi) is 5.89. The maximum absolute atomic E-state index is 13.3. The summed E-state index contributed by atoms with van der Waals surface area (Å²) in [6.07, 6.45) is 3.30. The molecule has 10 heteroatoms. The summed E-state index contributed by atoms with van der Waals surface area (Å²) in [6.45, 7) is 2.21. The van der Waals surface area contributed by atoms with Crippen molar-refractivity contribution in [1.29, 1.82) is 0 Å². The van der Waals surface area contributed by atoms with Crippen molar-refractivity contribution in [2.45, 2.75) is 12.6 Å². The van der Waals surface area contributed by atoms with Gasteiger partial charge in [-0.2, -0.15) is 0 Å². The Morgan fingerprint density at radius 2 is 1.94 bits per heavy atom. The summed E-state index contributed by atoms with van der Waals surface area (Å²) in [5, 5.41) is 12.2. The second-order valence-corrected chi connectivity index (χ2v) is 8.22. The average Bonchev–Trinajstić information content (AvgIpc) is 3.28. The zero-order chi connectivity index (χ0) is 22.8. The van der Waals surface area contributed by atoms with Crippen molar-refractivity contribution in [3.8, 4) is 5.69 Å². The molecule has 0 radical (unpaired) electrons. The van der Waals surface area contributed by atoms with Gasteiger partial charge in [-0.15, -0.1) is 5.10 Å². The first-order valence-corrected chi connectivity index (χ1v) is 10.9. The standard InChI is InChI=1S/C23H21ClFN7O/c24-16-3-1-15(2-4-16)11-27-23(33)20-13-31(10-9-26-20)22-19-12-32(30-21(19)28-14-29-22)18-7-5-17(25)6-8-18/h1-8,12,14,20,26H,9-11,13H2,(H,27,33). The van der Waals surface area contributed by atoms with Gasteiger partial charge in [-0.1, -0.05) is 23.7 Å². The number of anilines is 1. The molecule has 1 saturated heterocycles. The van der Waals surface area contributed by atoms with Gasteiger partial charge in [0.1, 0.15) is 24.0 Å². The van der Waals surface area contributed by atoms with Crippen LogP contribution in [0.5, 0.6) is 0 Å². The number of hydrogen-bond donors (Lipinski definition) is 2. The van der Waals surface area contributed by atoms with Gasteiger partial charge in [0.05, 0.1) is 11.1 Å². The number of carbonyl (C=O) groups excluding carboxylic acids is 1. The van der Waals surface area contributed by atoms with Crippen LogP contribution >= 0.6 is 11.6 Å². The summed E-state index contributed by atoms with van der Waals surface area (Å²) in [4.78, 5) is 23.6. The number of fused-ring (bicyclic) bond motifs is 1. The number of piperazine rings is 1. The molecule has 168 valence electrons. The number of aromatic nitrogens is 4. The molecule has 33 heavy (non-hydrogen) atoms. The molecule has 1 amide bonds. The molecule has 1 aliphatic heterocycles. The van der Waals surface area contributed by atoms with E-state index in [1.54, 1.807) is 28.9 Å². The lowest BCUT2D eigenvalue weighted by Gasteiger charge is -2.33. The molecular weight excluding hydrogens is 445 g/mol. The molecule has 1 atom stereocenters.